The number of aromatic carboxylic acids is 1. The summed E-state index contributed by atoms with van der Waals surface area (Å²) < 4.78 is 0. The monoisotopic (exact) mass is 280 g/mol. The summed E-state index contributed by atoms with van der Waals surface area (Å²) in [6, 6.07) is 3.62. The van der Waals surface area contributed by atoms with Crippen molar-refractivity contribution in [2.75, 3.05) is 11.9 Å². The van der Waals surface area contributed by atoms with E-state index in [0.29, 0.717) is 12.8 Å². The van der Waals surface area contributed by atoms with Gasteiger partial charge in [-0.2, -0.15) is 0 Å². The smallest absolute Gasteiger partial charge is 0.338 e. The molecule has 0 spiro atoms. The van der Waals surface area contributed by atoms with Gasteiger partial charge in [-0.3, -0.25) is 10.1 Å². The minimum absolute atomic E-state index is 0.166. The molecular formula is C13H16N2O5. The molecule has 0 amide bonds. The van der Waals surface area contributed by atoms with E-state index in [0.717, 1.165) is 18.9 Å². The van der Waals surface area contributed by atoms with E-state index in [1.165, 1.54) is 12.1 Å². The maximum atomic E-state index is 11.1. The molecule has 0 unspecified atom stereocenters. The maximum absolute atomic E-state index is 11.1. The van der Waals surface area contributed by atoms with Gasteiger partial charge in [0.2, 0.25) is 0 Å². The summed E-state index contributed by atoms with van der Waals surface area (Å²) in [6.45, 7) is 0.241. The van der Waals surface area contributed by atoms with E-state index in [4.69, 9.17) is 5.11 Å². The van der Waals surface area contributed by atoms with E-state index in [1.54, 1.807) is 0 Å². The fourth-order valence-corrected chi connectivity index (χ4v) is 2.45. The van der Waals surface area contributed by atoms with Crippen LogP contribution in [0.15, 0.2) is 18.2 Å². The van der Waals surface area contributed by atoms with Crippen molar-refractivity contribution in [1.29, 1.82) is 0 Å². The molecule has 0 heterocycles. The Hall–Kier alpha value is -2.15. The Morgan fingerprint density at radius 3 is 2.60 bits per heavy atom. The minimum atomic E-state index is -1.24. The first-order chi connectivity index (χ1) is 9.41. The fraction of sp³-hybridized carbons (Fsp3) is 0.462. The van der Waals surface area contributed by atoms with E-state index in [-0.39, 0.29) is 23.5 Å². The highest BCUT2D eigenvalue weighted by Gasteiger charge is 2.31. The Bertz CT molecular complexity index is 538. The van der Waals surface area contributed by atoms with E-state index >= 15 is 0 Å². The Balaban J connectivity index is 2.18. The number of hydrogen-bond donors (Lipinski definition) is 3. The lowest BCUT2D eigenvalue weighted by Gasteiger charge is -2.23. The molecule has 0 radical (unpaired) electrons. The summed E-state index contributed by atoms with van der Waals surface area (Å²) in [4.78, 5) is 21.2. The molecule has 1 saturated carbocycles. The lowest BCUT2D eigenvalue weighted by molar-refractivity contribution is -0.384. The Morgan fingerprint density at radius 1 is 1.40 bits per heavy atom. The minimum Gasteiger partial charge on any atom is -0.478 e. The van der Waals surface area contributed by atoms with Crippen LogP contribution >= 0.6 is 0 Å². The number of non-ortho nitro benzene ring substituents is 1. The van der Waals surface area contributed by atoms with E-state index in [9.17, 15) is 20.0 Å². The molecule has 20 heavy (non-hydrogen) atoms. The van der Waals surface area contributed by atoms with E-state index < -0.39 is 16.5 Å². The summed E-state index contributed by atoms with van der Waals surface area (Å²) in [5, 5.41) is 32.9. The molecular weight excluding hydrogens is 264 g/mol. The molecule has 7 heteroatoms. The normalized spacial score (nSPS) is 16.9. The van der Waals surface area contributed by atoms with Crippen molar-refractivity contribution < 1.29 is 19.9 Å². The predicted octanol–water partition coefficient (Wildman–Crippen LogP) is 2.01. The number of carboxylic acids is 1. The predicted molar refractivity (Wildman–Crippen MR) is 72.0 cm³/mol. The van der Waals surface area contributed by atoms with Crippen molar-refractivity contribution in [2.45, 2.75) is 31.3 Å². The zero-order chi connectivity index (χ0) is 14.8. The number of nitrogens with one attached hydrogen (secondary N) is 1. The first kappa shape index (κ1) is 14.3. The van der Waals surface area contributed by atoms with Gasteiger partial charge in [-0.25, -0.2) is 4.79 Å². The molecule has 2 rings (SSSR count). The van der Waals surface area contributed by atoms with Crippen molar-refractivity contribution in [3.05, 3.63) is 33.9 Å². The Labute approximate surface area is 115 Å². The van der Waals surface area contributed by atoms with Crippen LogP contribution in [0.1, 0.15) is 36.0 Å². The van der Waals surface area contributed by atoms with Gasteiger partial charge in [0, 0.05) is 24.4 Å². The molecule has 1 aromatic carbocycles. The number of rotatable bonds is 5. The molecule has 0 aromatic heterocycles. The van der Waals surface area contributed by atoms with Gasteiger partial charge in [-0.05, 0) is 18.9 Å². The first-order valence-corrected chi connectivity index (χ1v) is 6.39. The molecule has 0 atom stereocenters. The van der Waals surface area contributed by atoms with E-state index in [1.807, 2.05) is 0 Å². The molecule has 108 valence electrons. The van der Waals surface area contributed by atoms with Crippen LogP contribution in [0.4, 0.5) is 11.4 Å². The second kappa shape index (κ2) is 5.46. The summed E-state index contributed by atoms with van der Waals surface area (Å²) in [6.07, 6.45) is 3.25. The summed E-state index contributed by atoms with van der Waals surface area (Å²) in [5.41, 5.74) is -0.978. The van der Waals surface area contributed by atoms with E-state index in [2.05, 4.69) is 5.32 Å². The van der Waals surface area contributed by atoms with Crippen molar-refractivity contribution in [2.24, 2.45) is 0 Å². The third-order valence-electron chi connectivity index (χ3n) is 3.59. The largest absolute Gasteiger partial charge is 0.478 e. The fourth-order valence-electron chi connectivity index (χ4n) is 2.45. The van der Waals surface area contributed by atoms with Gasteiger partial charge in [0.25, 0.3) is 5.69 Å². The number of hydrogen-bond acceptors (Lipinski definition) is 5. The van der Waals surface area contributed by atoms with Gasteiger partial charge in [-0.1, -0.05) is 12.8 Å². The zero-order valence-corrected chi connectivity index (χ0v) is 10.8. The van der Waals surface area contributed by atoms with Gasteiger partial charge in [-0.15, -0.1) is 0 Å². The summed E-state index contributed by atoms with van der Waals surface area (Å²) in [7, 11) is 0. The van der Waals surface area contributed by atoms with Crippen LogP contribution in [0.2, 0.25) is 0 Å². The number of nitro benzene ring substituents is 1. The molecule has 1 fully saturated rings. The van der Waals surface area contributed by atoms with Gasteiger partial charge in [0.1, 0.15) is 0 Å². The Morgan fingerprint density at radius 2 is 2.05 bits per heavy atom. The van der Waals surface area contributed by atoms with Crippen LogP contribution in [-0.2, 0) is 0 Å². The standard InChI is InChI=1S/C13H16N2O5/c16-12(17)10-7-9(15(19)20)3-4-11(10)14-8-13(18)5-1-2-6-13/h3-4,7,14,18H,1-2,5-6,8H2,(H,16,17). The second-order valence-electron chi connectivity index (χ2n) is 5.08. The number of benzene rings is 1. The van der Waals surface area contributed by atoms with Crippen molar-refractivity contribution in [3.63, 3.8) is 0 Å². The number of aliphatic hydroxyl groups is 1. The first-order valence-electron chi connectivity index (χ1n) is 6.39. The average molecular weight is 280 g/mol. The SMILES string of the molecule is O=C(O)c1cc([N+](=O)[O-])ccc1NCC1(O)CCCC1. The third-order valence-corrected chi connectivity index (χ3v) is 3.59. The van der Waals surface area contributed by atoms with Crippen LogP contribution < -0.4 is 5.32 Å². The van der Waals surface area contributed by atoms with Gasteiger partial charge in [0.05, 0.1) is 16.1 Å². The number of nitro groups is 1. The molecule has 1 aliphatic carbocycles. The molecule has 3 N–H and O–H groups in total. The van der Waals surface area contributed by atoms with Crippen molar-refractivity contribution in [3.8, 4) is 0 Å². The lowest BCUT2D eigenvalue weighted by atomic mass is 10.0. The molecule has 0 aliphatic heterocycles. The Kier molecular flexibility index (Phi) is 3.89. The molecule has 7 nitrogen and oxygen atoms in total. The maximum Gasteiger partial charge on any atom is 0.338 e. The van der Waals surface area contributed by atoms with Crippen LogP contribution in [-0.4, -0.2) is 33.3 Å². The molecule has 1 aliphatic rings. The summed E-state index contributed by atoms with van der Waals surface area (Å²) in [5.74, 6) is -1.24. The molecule has 0 saturated heterocycles. The number of carbonyl (C=O) groups is 1. The second-order valence-corrected chi connectivity index (χ2v) is 5.08. The van der Waals surface area contributed by atoms with Crippen LogP contribution in [0.3, 0.4) is 0 Å². The molecule has 0 bridgehead atoms. The van der Waals surface area contributed by atoms with Gasteiger partial charge in [0.15, 0.2) is 0 Å². The highest BCUT2D eigenvalue weighted by atomic mass is 16.6. The number of carboxylic acid groups (broad SMARTS) is 1. The van der Waals surface area contributed by atoms with Crippen molar-refractivity contribution >= 4 is 17.3 Å². The van der Waals surface area contributed by atoms with Crippen LogP contribution in [0.5, 0.6) is 0 Å². The topological polar surface area (TPSA) is 113 Å². The number of anilines is 1. The average Bonchev–Trinajstić information content (AvgIpc) is 2.83. The zero-order valence-electron chi connectivity index (χ0n) is 10.8. The lowest BCUT2D eigenvalue weighted by Crippen LogP contribution is -2.33. The highest BCUT2D eigenvalue weighted by Crippen LogP contribution is 2.30. The third kappa shape index (κ3) is 3.05. The number of nitrogens with zero attached hydrogens (tertiary/aromatic N) is 1. The molecule has 1 aromatic rings. The van der Waals surface area contributed by atoms with Gasteiger partial charge >= 0.3 is 5.97 Å². The quantitative estimate of drug-likeness (QED) is 0.561. The van der Waals surface area contributed by atoms with Crippen LogP contribution in [0, 0.1) is 10.1 Å². The van der Waals surface area contributed by atoms with Gasteiger partial charge < -0.3 is 15.5 Å². The highest BCUT2D eigenvalue weighted by molar-refractivity contribution is 5.95. The summed E-state index contributed by atoms with van der Waals surface area (Å²) >= 11 is 0. The van der Waals surface area contributed by atoms with Crippen molar-refractivity contribution in [1.82, 2.24) is 0 Å². The van der Waals surface area contributed by atoms with Crippen LogP contribution in [0.25, 0.3) is 0 Å².